The number of rotatable bonds is 4. The number of aryl methyl sites for hydroxylation is 1. The van der Waals surface area contributed by atoms with Crippen LogP contribution in [0, 0.1) is 12.3 Å². The number of pyridine rings is 1. The Hall–Kier alpha value is -2.36. The normalized spacial score (nSPS) is 10.2. The summed E-state index contributed by atoms with van der Waals surface area (Å²) in [6, 6.07) is 12.0. The second kappa shape index (κ2) is 5.52. The average Bonchev–Trinajstić information content (AvgIpc) is 2.42. The highest BCUT2D eigenvalue weighted by Crippen LogP contribution is 2.27. The molecule has 0 unspecified atom stereocenters. The van der Waals surface area contributed by atoms with E-state index in [2.05, 4.69) is 35.9 Å². The van der Waals surface area contributed by atoms with E-state index in [4.69, 9.17) is 11.1 Å². The number of aromatic nitrogens is 1. The molecule has 2 aromatic rings. The van der Waals surface area contributed by atoms with Gasteiger partial charge in [0.05, 0.1) is 11.9 Å². The van der Waals surface area contributed by atoms with Gasteiger partial charge in [-0.3, -0.25) is 10.4 Å². The van der Waals surface area contributed by atoms with Crippen LogP contribution < -0.4 is 10.6 Å². The number of anilines is 2. The predicted octanol–water partition coefficient (Wildman–Crippen LogP) is 2.83. The van der Waals surface area contributed by atoms with Gasteiger partial charge in [-0.15, -0.1) is 0 Å². The van der Waals surface area contributed by atoms with Gasteiger partial charge in [-0.25, -0.2) is 0 Å². The van der Waals surface area contributed by atoms with Crippen LogP contribution in [0.15, 0.2) is 42.6 Å². The minimum atomic E-state index is -0.00881. The molecule has 1 heterocycles. The third-order valence-electron chi connectivity index (χ3n) is 3.06. The van der Waals surface area contributed by atoms with Gasteiger partial charge in [0.1, 0.15) is 11.5 Å². The smallest absolute Gasteiger partial charge is 0.141 e. The van der Waals surface area contributed by atoms with E-state index < -0.39 is 0 Å². The van der Waals surface area contributed by atoms with Gasteiger partial charge in [-0.1, -0.05) is 18.2 Å². The lowest BCUT2D eigenvalue weighted by molar-refractivity contribution is 1.01. The molecule has 0 saturated carbocycles. The molecule has 0 fully saturated rings. The Morgan fingerprint density at radius 2 is 2.00 bits per heavy atom. The van der Waals surface area contributed by atoms with E-state index in [0.717, 1.165) is 12.2 Å². The van der Waals surface area contributed by atoms with Crippen molar-refractivity contribution in [1.29, 1.82) is 5.41 Å². The summed E-state index contributed by atoms with van der Waals surface area (Å²) >= 11 is 0. The Morgan fingerprint density at radius 1 is 1.26 bits per heavy atom. The largest absolute Gasteiger partial charge is 0.382 e. The molecule has 98 valence electrons. The summed E-state index contributed by atoms with van der Waals surface area (Å²) in [5.41, 5.74) is 9.31. The minimum absolute atomic E-state index is 0.00881. The summed E-state index contributed by atoms with van der Waals surface area (Å²) in [6.45, 7) is 5.05. The van der Waals surface area contributed by atoms with Crippen LogP contribution in [-0.4, -0.2) is 17.4 Å². The highest BCUT2D eigenvalue weighted by Gasteiger charge is 2.10. The van der Waals surface area contributed by atoms with Crippen LogP contribution in [0.3, 0.4) is 0 Å². The zero-order valence-electron chi connectivity index (χ0n) is 11.2. The summed E-state index contributed by atoms with van der Waals surface area (Å²) in [5.74, 6) is -0.00881. The summed E-state index contributed by atoms with van der Waals surface area (Å²) in [7, 11) is 0. The van der Waals surface area contributed by atoms with Gasteiger partial charge in [0.25, 0.3) is 0 Å². The van der Waals surface area contributed by atoms with Crippen molar-refractivity contribution in [3.8, 4) is 0 Å². The summed E-state index contributed by atoms with van der Waals surface area (Å²) in [5, 5.41) is 7.36. The number of hydrogen-bond acceptors (Lipinski definition) is 3. The molecule has 0 bridgehead atoms. The molecule has 0 aliphatic carbocycles. The maximum Gasteiger partial charge on any atom is 0.141 e. The van der Waals surface area contributed by atoms with Crippen molar-refractivity contribution < 1.29 is 0 Å². The number of benzene rings is 1. The van der Waals surface area contributed by atoms with Crippen LogP contribution in [0.25, 0.3) is 0 Å². The molecular weight excluding hydrogens is 236 g/mol. The Morgan fingerprint density at radius 3 is 2.53 bits per heavy atom. The van der Waals surface area contributed by atoms with E-state index in [1.807, 2.05) is 18.2 Å². The number of hydrogen-bond donors (Lipinski definition) is 2. The molecule has 0 amide bonds. The zero-order valence-corrected chi connectivity index (χ0v) is 11.2. The van der Waals surface area contributed by atoms with Crippen molar-refractivity contribution in [2.45, 2.75) is 13.8 Å². The molecule has 0 aliphatic heterocycles. The lowest BCUT2D eigenvalue weighted by Gasteiger charge is -2.24. The van der Waals surface area contributed by atoms with E-state index in [1.54, 1.807) is 12.3 Å². The molecule has 1 aromatic heterocycles. The SMILES string of the molecule is CCN(c1ccc(C(=N)N)nc1)c1ccccc1C. The van der Waals surface area contributed by atoms with E-state index in [0.29, 0.717) is 5.69 Å². The highest BCUT2D eigenvalue weighted by atomic mass is 15.1. The maximum atomic E-state index is 7.36. The van der Waals surface area contributed by atoms with Crippen LogP contribution in [-0.2, 0) is 0 Å². The first kappa shape index (κ1) is 13.1. The Labute approximate surface area is 113 Å². The van der Waals surface area contributed by atoms with Crippen molar-refractivity contribution >= 4 is 17.2 Å². The molecule has 2 rings (SSSR count). The van der Waals surface area contributed by atoms with Crippen LogP contribution in [0.2, 0.25) is 0 Å². The monoisotopic (exact) mass is 254 g/mol. The molecule has 4 nitrogen and oxygen atoms in total. The maximum absolute atomic E-state index is 7.36. The summed E-state index contributed by atoms with van der Waals surface area (Å²) in [6.07, 6.45) is 1.76. The number of nitrogens with two attached hydrogens (primary N) is 1. The third-order valence-corrected chi connectivity index (χ3v) is 3.06. The fourth-order valence-corrected chi connectivity index (χ4v) is 2.06. The van der Waals surface area contributed by atoms with Gasteiger partial charge < -0.3 is 10.6 Å². The van der Waals surface area contributed by atoms with Gasteiger partial charge in [0.2, 0.25) is 0 Å². The number of amidine groups is 1. The molecule has 19 heavy (non-hydrogen) atoms. The number of nitrogens with zero attached hydrogens (tertiary/aromatic N) is 2. The molecule has 0 radical (unpaired) electrons. The van der Waals surface area contributed by atoms with Gasteiger partial charge in [0.15, 0.2) is 0 Å². The highest BCUT2D eigenvalue weighted by molar-refractivity contribution is 5.93. The molecule has 4 heteroatoms. The molecule has 0 aliphatic rings. The lowest BCUT2D eigenvalue weighted by Crippen LogP contribution is -2.18. The molecule has 0 atom stereocenters. The van der Waals surface area contributed by atoms with E-state index >= 15 is 0 Å². The number of nitrogen functional groups attached to an aromatic ring is 1. The topological polar surface area (TPSA) is 66.0 Å². The molecule has 0 saturated heterocycles. The van der Waals surface area contributed by atoms with Crippen LogP contribution in [0.5, 0.6) is 0 Å². The van der Waals surface area contributed by atoms with Gasteiger partial charge in [-0.2, -0.15) is 0 Å². The van der Waals surface area contributed by atoms with Crippen molar-refractivity contribution in [1.82, 2.24) is 4.98 Å². The average molecular weight is 254 g/mol. The second-order valence-electron chi connectivity index (χ2n) is 4.35. The van der Waals surface area contributed by atoms with Crippen LogP contribution in [0.4, 0.5) is 11.4 Å². The fraction of sp³-hybridized carbons (Fsp3) is 0.200. The number of nitrogens with one attached hydrogen (secondary N) is 1. The Balaban J connectivity index is 2.37. The third kappa shape index (κ3) is 2.73. The Kier molecular flexibility index (Phi) is 3.80. The molecule has 3 N–H and O–H groups in total. The van der Waals surface area contributed by atoms with Crippen LogP contribution in [0.1, 0.15) is 18.2 Å². The van der Waals surface area contributed by atoms with Gasteiger partial charge >= 0.3 is 0 Å². The Bertz CT molecular complexity index is 575. The van der Waals surface area contributed by atoms with E-state index in [1.165, 1.54) is 11.3 Å². The first-order valence-electron chi connectivity index (χ1n) is 6.27. The molecule has 1 aromatic carbocycles. The summed E-state index contributed by atoms with van der Waals surface area (Å²) in [4.78, 5) is 6.40. The fourth-order valence-electron chi connectivity index (χ4n) is 2.06. The van der Waals surface area contributed by atoms with E-state index in [-0.39, 0.29) is 5.84 Å². The van der Waals surface area contributed by atoms with Crippen LogP contribution >= 0.6 is 0 Å². The van der Waals surface area contributed by atoms with E-state index in [9.17, 15) is 0 Å². The van der Waals surface area contributed by atoms with Crippen molar-refractivity contribution in [3.63, 3.8) is 0 Å². The van der Waals surface area contributed by atoms with Gasteiger partial charge in [-0.05, 0) is 37.6 Å². The summed E-state index contributed by atoms with van der Waals surface area (Å²) < 4.78 is 0. The predicted molar refractivity (Wildman–Crippen MR) is 79.1 cm³/mol. The molecule has 0 spiro atoms. The standard InChI is InChI=1S/C15H18N4/c1-3-19(14-7-5-4-6-11(14)2)12-8-9-13(15(16)17)18-10-12/h4-10H,3H2,1-2H3,(H3,16,17). The quantitative estimate of drug-likeness (QED) is 0.651. The first-order chi connectivity index (χ1) is 9.13. The minimum Gasteiger partial charge on any atom is -0.382 e. The first-order valence-corrected chi connectivity index (χ1v) is 6.27. The zero-order chi connectivity index (χ0) is 13.8. The molecular formula is C15H18N4. The van der Waals surface area contributed by atoms with Crippen molar-refractivity contribution in [2.24, 2.45) is 5.73 Å². The number of para-hydroxylation sites is 1. The van der Waals surface area contributed by atoms with Crippen molar-refractivity contribution in [2.75, 3.05) is 11.4 Å². The second-order valence-corrected chi connectivity index (χ2v) is 4.35. The van der Waals surface area contributed by atoms with Crippen molar-refractivity contribution in [3.05, 3.63) is 53.9 Å². The van der Waals surface area contributed by atoms with Gasteiger partial charge in [0, 0.05) is 12.2 Å². The lowest BCUT2D eigenvalue weighted by atomic mass is 10.1.